The lowest BCUT2D eigenvalue weighted by atomic mass is 10.1. The number of primary amides is 1. The van der Waals surface area contributed by atoms with E-state index in [1.165, 1.54) is 5.56 Å². The van der Waals surface area contributed by atoms with E-state index in [1.54, 1.807) is 4.90 Å². The fourth-order valence-corrected chi connectivity index (χ4v) is 3.67. The third-order valence-electron chi connectivity index (χ3n) is 5.14. The molecule has 2 aliphatic heterocycles. The Kier molecular flexibility index (Phi) is 5.88. The van der Waals surface area contributed by atoms with Crippen LogP contribution in [-0.4, -0.2) is 78.2 Å². The van der Waals surface area contributed by atoms with E-state index < -0.39 is 0 Å². The van der Waals surface area contributed by atoms with Gasteiger partial charge in [-0.2, -0.15) is 0 Å². The molecule has 0 spiro atoms. The highest BCUT2D eigenvalue weighted by atomic mass is 16.2. The van der Waals surface area contributed by atoms with Crippen molar-refractivity contribution in [2.45, 2.75) is 12.8 Å². The molecule has 0 radical (unpaired) electrons. The molecule has 3 rings (SSSR count). The second kappa shape index (κ2) is 8.31. The van der Waals surface area contributed by atoms with Crippen LogP contribution in [0.2, 0.25) is 0 Å². The molecule has 2 N–H and O–H groups in total. The van der Waals surface area contributed by atoms with E-state index in [1.807, 2.05) is 28.0 Å². The number of nitrogens with zero attached hydrogens (tertiary/aromatic N) is 3. The van der Waals surface area contributed by atoms with Crippen molar-refractivity contribution in [1.29, 1.82) is 0 Å². The first-order chi connectivity index (χ1) is 12.5. The highest BCUT2D eigenvalue weighted by Crippen LogP contribution is 2.21. The number of amides is 3. The maximum absolute atomic E-state index is 12.7. The summed E-state index contributed by atoms with van der Waals surface area (Å²) in [7, 11) is 0. The number of carbonyl (C=O) groups is 3. The summed E-state index contributed by atoms with van der Waals surface area (Å²) < 4.78 is 0. The molecular weight excluding hydrogens is 332 g/mol. The van der Waals surface area contributed by atoms with Crippen LogP contribution in [0.25, 0.3) is 0 Å². The van der Waals surface area contributed by atoms with Gasteiger partial charge in [0.2, 0.25) is 17.7 Å². The van der Waals surface area contributed by atoms with Crippen molar-refractivity contribution < 1.29 is 14.4 Å². The van der Waals surface area contributed by atoms with Gasteiger partial charge in [0.1, 0.15) is 0 Å². The second-order valence-corrected chi connectivity index (χ2v) is 7.04. The zero-order valence-electron chi connectivity index (χ0n) is 15.0. The van der Waals surface area contributed by atoms with Gasteiger partial charge in [-0.1, -0.05) is 30.3 Å². The molecule has 0 aromatic heterocycles. The van der Waals surface area contributed by atoms with Gasteiger partial charge in [-0.3, -0.25) is 19.3 Å². The Morgan fingerprint density at radius 2 is 1.77 bits per heavy atom. The van der Waals surface area contributed by atoms with Crippen molar-refractivity contribution in [2.75, 3.05) is 45.8 Å². The first-order valence-electron chi connectivity index (χ1n) is 9.14. The summed E-state index contributed by atoms with van der Waals surface area (Å²) in [6, 6.07) is 10.1. The zero-order valence-corrected chi connectivity index (χ0v) is 15.0. The molecule has 2 saturated heterocycles. The monoisotopic (exact) mass is 358 g/mol. The van der Waals surface area contributed by atoms with E-state index in [2.05, 4.69) is 12.1 Å². The summed E-state index contributed by atoms with van der Waals surface area (Å²) in [5.74, 6) is -0.480. The molecule has 1 unspecified atom stereocenters. The number of hydrogen-bond acceptors (Lipinski definition) is 4. The number of hydrogen-bond donors (Lipinski definition) is 1. The predicted molar refractivity (Wildman–Crippen MR) is 97.0 cm³/mol. The van der Waals surface area contributed by atoms with E-state index in [0.717, 1.165) is 6.42 Å². The molecule has 26 heavy (non-hydrogen) atoms. The van der Waals surface area contributed by atoms with Crippen molar-refractivity contribution in [1.82, 2.24) is 14.7 Å². The molecule has 2 fully saturated rings. The van der Waals surface area contributed by atoms with Crippen LogP contribution in [0.4, 0.5) is 0 Å². The van der Waals surface area contributed by atoms with E-state index >= 15 is 0 Å². The van der Waals surface area contributed by atoms with Crippen molar-refractivity contribution in [3.8, 4) is 0 Å². The minimum Gasteiger partial charge on any atom is -0.369 e. The summed E-state index contributed by atoms with van der Waals surface area (Å²) >= 11 is 0. The Bertz CT molecular complexity index is 656. The van der Waals surface area contributed by atoms with Crippen LogP contribution >= 0.6 is 0 Å². The summed E-state index contributed by atoms with van der Waals surface area (Å²) in [6.45, 7) is 3.85. The van der Waals surface area contributed by atoms with Crippen molar-refractivity contribution in [3.63, 3.8) is 0 Å². The topological polar surface area (TPSA) is 87.0 Å². The third kappa shape index (κ3) is 4.60. The lowest BCUT2D eigenvalue weighted by Crippen LogP contribution is -2.52. The molecule has 2 heterocycles. The summed E-state index contributed by atoms with van der Waals surface area (Å²) in [6.07, 6.45) is 1.11. The first kappa shape index (κ1) is 18.4. The van der Waals surface area contributed by atoms with Gasteiger partial charge in [0.05, 0.1) is 12.5 Å². The van der Waals surface area contributed by atoms with Crippen molar-refractivity contribution in [3.05, 3.63) is 35.9 Å². The molecule has 3 amide bonds. The molecule has 1 atom stereocenters. The number of piperazine rings is 1. The largest absolute Gasteiger partial charge is 0.369 e. The molecule has 2 aliphatic rings. The first-order valence-corrected chi connectivity index (χ1v) is 9.14. The van der Waals surface area contributed by atoms with Gasteiger partial charge in [0, 0.05) is 45.7 Å². The molecule has 0 saturated carbocycles. The SMILES string of the molecule is NC(=O)CN1CCN(C(=O)C2CC(=O)N(CCc3ccccc3)C2)CC1. The molecule has 140 valence electrons. The fourth-order valence-electron chi connectivity index (χ4n) is 3.67. The van der Waals surface area contributed by atoms with Crippen LogP contribution < -0.4 is 5.73 Å². The summed E-state index contributed by atoms with van der Waals surface area (Å²) in [5, 5.41) is 0. The molecular formula is C19H26N4O3. The van der Waals surface area contributed by atoms with Crippen LogP contribution in [-0.2, 0) is 20.8 Å². The summed E-state index contributed by atoms with van der Waals surface area (Å²) in [4.78, 5) is 41.6. The van der Waals surface area contributed by atoms with E-state index in [4.69, 9.17) is 5.73 Å². The number of likely N-dealkylation sites (tertiary alicyclic amines) is 1. The normalized spacial score (nSPS) is 21.2. The Hall–Kier alpha value is -2.41. The molecule has 0 aliphatic carbocycles. The van der Waals surface area contributed by atoms with Gasteiger partial charge in [-0.05, 0) is 12.0 Å². The van der Waals surface area contributed by atoms with Gasteiger partial charge >= 0.3 is 0 Å². The molecule has 1 aromatic carbocycles. The van der Waals surface area contributed by atoms with Gasteiger partial charge in [-0.15, -0.1) is 0 Å². The Morgan fingerprint density at radius 3 is 2.42 bits per heavy atom. The predicted octanol–water partition coefficient (Wildman–Crippen LogP) is -0.293. The fraction of sp³-hybridized carbons (Fsp3) is 0.526. The smallest absolute Gasteiger partial charge is 0.231 e. The number of rotatable bonds is 6. The lowest BCUT2D eigenvalue weighted by Gasteiger charge is -2.35. The van der Waals surface area contributed by atoms with Crippen molar-refractivity contribution >= 4 is 17.7 Å². The second-order valence-electron chi connectivity index (χ2n) is 7.04. The van der Waals surface area contributed by atoms with Gasteiger partial charge < -0.3 is 15.5 Å². The zero-order chi connectivity index (χ0) is 18.5. The van der Waals surface area contributed by atoms with E-state index in [-0.39, 0.29) is 30.2 Å². The minimum absolute atomic E-state index is 0.0549. The third-order valence-corrected chi connectivity index (χ3v) is 5.14. The Labute approximate surface area is 153 Å². The average Bonchev–Trinajstić information content (AvgIpc) is 3.01. The van der Waals surface area contributed by atoms with E-state index in [0.29, 0.717) is 45.7 Å². The van der Waals surface area contributed by atoms with Crippen LogP contribution in [0.5, 0.6) is 0 Å². The number of benzene rings is 1. The number of nitrogens with two attached hydrogens (primary N) is 1. The Morgan fingerprint density at radius 1 is 1.08 bits per heavy atom. The van der Waals surface area contributed by atoms with E-state index in [9.17, 15) is 14.4 Å². The van der Waals surface area contributed by atoms with Crippen LogP contribution in [0.15, 0.2) is 30.3 Å². The van der Waals surface area contributed by atoms with Crippen LogP contribution in [0, 0.1) is 5.92 Å². The Balaban J connectivity index is 1.47. The molecule has 7 heteroatoms. The maximum atomic E-state index is 12.7. The highest BCUT2D eigenvalue weighted by molar-refractivity contribution is 5.89. The van der Waals surface area contributed by atoms with Crippen LogP contribution in [0.1, 0.15) is 12.0 Å². The minimum atomic E-state index is -0.347. The summed E-state index contributed by atoms with van der Waals surface area (Å²) in [5.41, 5.74) is 6.41. The van der Waals surface area contributed by atoms with Crippen LogP contribution in [0.3, 0.4) is 0 Å². The number of carbonyl (C=O) groups excluding carboxylic acids is 3. The lowest BCUT2D eigenvalue weighted by molar-refractivity contribution is -0.137. The standard InChI is InChI=1S/C19H26N4O3/c20-17(24)14-21-8-10-22(11-9-21)19(26)16-12-18(25)23(13-16)7-6-15-4-2-1-3-5-15/h1-5,16H,6-14H2,(H2,20,24). The van der Waals surface area contributed by atoms with Crippen molar-refractivity contribution in [2.24, 2.45) is 11.7 Å². The van der Waals surface area contributed by atoms with Gasteiger partial charge in [0.25, 0.3) is 0 Å². The molecule has 7 nitrogen and oxygen atoms in total. The average molecular weight is 358 g/mol. The quantitative estimate of drug-likeness (QED) is 0.757. The highest BCUT2D eigenvalue weighted by Gasteiger charge is 2.37. The maximum Gasteiger partial charge on any atom is 0.231 e. The molecule has 0 bridgehead atoms. The molecule has 1 aromatic rings. The van der Waals surface area contributed by atoms with Gasteiger partial charge in [0.15, 0.2) is 0 Å². The van der Waals surface area contributed by atoms with Gasteiger partial charge in [-0.25, -0.2) is 0 Å².